The van der Waals surface area contributed by atoms with Crippen LogP contribution in [0.4, 0.5) is 0 Å². The Labute approximate surface area is 114 Å². The molecular formula is C15H20O4. The van der Waals surface area contributed by atoms with E-state index in [0.29, 0.717) is 19.3 Å². The largest absolute Gasteiger partial charge is 0.464 e. The van der Waals surface area contributed by atoms with Crippen LogP contribution < -0.4 is 0 Å². The number of carbonyl (C=O) groups excluding carboxylic acids is 2. The molecule has 0 aromatic carbocycles. The molecule has 0 saturated carbocycles. The number of hydrogen-bond acceptors (Lipinski definition) is 4. The average molecular weight is 264 g/mol. The highest BCUT2D eigenvalue weighted by molar-refractivity contribution is 5.94. The van der Waals surface area contributed by atoms with Gasteiger partial charge in [-0.05, 0) is 6.42 Å². The van der Waals surface area contributed by atoms with Crippen molar-refractivity contribution in [1.29, 1.82) is 0 Å². The van der Waals surface area contributed by atoms with Crippen molar-refractivity contribution in [2.45, 2.75) is 39.0 Å². The molecule has 0 rings (SSSR count). The van der Waals surface area contributed by atoms with Crippen LogP contribution in [0.3, 0.4) is 0 Å². The van der Waals surface area contributed by atoms with Gasteiger partial charge >= 0.3 is 11.9 Å². The zero-order valence-electron chi connectivity index (χ0n) is 11.3. The van der Waals surface area contributed by atoms with E-state index in [2.05, 4.69) is 11.8 Å². The Morgan fingerprint density at radius 1 is 1.05 bits per heavy atom. The molecule has 0 spiro atoms. The number of esters is 2. The Bertz CT molecular complexity index is 327. The summed E-state index contributed by atoms with van der Waals surface area (Å²) in [5.74, 6) is 2.69. The van der Waals surface area contributed by atoms with Crippen LogP contribution in [-0.2, 0) is 19.1 Å². The SMILES string of the molecule is C#CCCOC(=O)C(CCCC)C(=O)OCCC#C. The van der Waals surface area contributed by atoms with E-state index < -0.39 is 17.9 Å². The Morgan fingerprint density at radius 2 is 1.53 bits per heavy atom. The summed E-state index contributed by atoms with van der Waals surface area (Å²) in [6.45, 7) is 2.22. The molecular weight excluding hydrogens is 244 g/mol. The first-order valence-electron chi connectivity index (χ1n) is 6.37. The zero-order chi connectivity index (χ0) is 14.5. The minimum Gasteiger partial charge on any atom is -0.464 e. The molecule has 0 aliphatic carbocycles. The molecule has 0 amide bonds. The third-order valence-electron chi connectivity index (χ3n) is 2.40. The number of unbranched alkanes of at least 4 members (excludes halogenated alkanes) is 1. The quantitative estimate of drug-likeness (QED) is 0.276. The van der Waals surface area contributed by atoms with Crippen molar-refractivity contribution >= 4 is 11.9 Å². The van der Waals surface area contributed by atoms with Crippen LogP contribution in [0.25, 0.3) is 0 Å². The van der Waals surface area contributed by atoms with Crippen molar-refractivity contribution in [2.24, 2.45) is 5.92 Å². The van der Waals surface area contributed by atoms with Crippen molar-refractivity contribution in [3.05, 3.63) is 0 Å². The van der Waals surface area contributed by atoms with Gasteiger partial charge in [-0.1, -0.05) is 19.8 Å². The van der Waals surface area contributed by atoms with E-state index in [1.165, 1.54) is 0 Å². The number of carbonyl (C=O) groups is 2. The number of rotatable bonds is 9. The lowest BCUT2D eigenvalue weighted by Crippen LogP contribution is -2.28. The molecule has 0 heterocycles. The number of ether oxygens (including phenoxy) is 2. The first-order valence-corrected chi connectivity index (χ1v) is 6.37. The van der Waals surface area contributed by atoms with E-state index in [1.54, 1.807) is 0 Å². The summed E-state index contributed by atoms with van der Waals surface area (Å²) in [4.78, 5) is 23.5. The third kappa shape index (κ3) is 7.89. The average Bonchev–Trinajstić information content (AvgIpc) is 2.40. The number of hydrogen-bond donors (Lipinski definition) is 0. The zero-order valence-corrected chi connectivity index (χ0v) is 11.3. The molecule has 0 unspecified atom stereocenters. The molecule has 4 heteroatoms. The highest BCUT2D eigenvalue weighted by Gasteiger charge is 2.28. The van der Waals surface area contributed by atoms with E-state index in [4.69, 9.17) is 22.3 Å². The first kappa shape index (κ1) is 17.1. The summed E-state index contributed by atoms with van der Waals surface area (Å²) >= 11 is 0. The van der Waals surface area contributed by atoms with Crippen molar-refractivity contribution in [3.8, 4) is 24.7 Å². The third-order valence-corrected chi connectivity index (χ3v) is 2.40. The molecule has 0 aromatic rings. The monoisotopic (exact) mass is 264 g/mol. The molecule has 0 aromatic heterocycles. The highest BCUT2D eigenvalue weighted by Crippen LogP contribution is 2.13. The molecule has 0 radical (unpaired) electrons. The molecule has 0 bridgehead atoms. The molecule has 0 aliphatic rings. The second-order valence-electron chi connectivity index (χ2n) is 3.94. The van der Waals surface area contributed by atoms with Gasteiger partial charge in [0.25, 0.3) is 0 Å². The summed E-state index contributed by atoms with van der Waals surface area (Å²) in [7, 11) is 0. The van der Waals surface area contributed by atoms with Crippen LogP contribution in [0.5, 0.6) is 0 Å². The second kappa shape index (κ2) is 11.2. The molecule has 4 nitrogen and oxygen atoms in total. The van der Waals surface area contributed by atoms with E-state index in [-0.39, 0.29) is 13.2 Å². The lowest BCUT2D eigenvalue weighted by molar-refractivity contribution is -0.162. The van der Waals surface area contributed by atoms with Gasteiger partial charge in [0, 0.05) is 12.8 Å². The van der Waals surface area contributed by atoms with Crippen molar-refractivity contribution in [2.75, 3.05) is 13.2 Å². The van der Waals surface area contributed by atoms with Crippen molar-refractivity contribution < 1.29 is 19.1 Å². The van der Waals surface area contributed by atoms with Gasteiger partial charge < -0.3 is 9.47 Å². The molecule has 0 aliphatic heterocycles. The van der Waals surface area contributed by atoms with Crippen LogP contribution in [-0.4, -0.2) is 25.2 Å². The van der Waals surface area contributed by atoms with Gasteiger partial charge in [0.15, 0.2) is 5.92 Å². The van der Waals surface area contributed by atoms with Crippen LogP contribution in [0.15, 0.2) is 0 Å². The summed E-state index contributed by atoms with van der Waals surface area (Å²) in [5.41, 5.74) is 0. The van der Waals surface area contributed by atoms with Crippen molar-refractivity contribution in [1.82, 2.24) is 0 Å². The van der Waals surface area contributed by atoms with E-state index in [0.717, 1.165) is 12.8 Å². The topological polar surface area (TPSA) is 52.6 Å². The van der Waals surface area contributed by atoms with Gasteiger partial charge in [0.1, 0.15) is 13.2 Å². The Balaban J connectivity index is 4.35. The Kier molecular flexibility index (Phi) is 10.0. The predicted octanol–water partition coefficient (Wildman–Crippen LogP) is 1.93. The lowest BCUT2D eigenvalue weighted by atomic mass is 10.0. The van der Waals surface area contributed by atoms with Crippen molar-refractivity contribution in [3.63, 3.8) is 0 Å². The normalized spacial score (nSPS) is 9.47. The maximum absolute atomic E-state index is 11.8. The molecule has 0 atom stereocenters. The summed E-state index contributed by atoms with van der Waals surface area (Å²) in [6.07, 6.45) is 12.8. The maximum Gasteiger partial charge on any atom is 0.320 e. The van der Waals surface area contributed by atoms with Gasteiger partial charge in [-0.25, -0.2) is 0 Å². The molecule has 0 saturated heterocycles. The predicted molar refractivity (Wildman–Crippen MR) is 71.8 cm³/mol. The van der Waals surface area contributed by atoms with Crippen LogP contribution in [0, 0.1) is 30.6 Å². The Hall–Kier alpha value is -1.94. The second-order valence-corrected chi connectivity index (χ2v) is 3.94. The fourth-order valence-electron chi connectivity index (χ4n) is 1.36. The van der Waals surface area contributed by atoms with E-state index in [1.807, 2.05) is 6.92 Å². The smallest absolute Gasteiger partial charge is 0.320 e. The van der Waals surface area contributed by atoms with E-state index >= 15 is 0 Å². The minimum atomic E-state index is -0.879. The lowest BCUT2D eigenvalue weighted by Gasteiger charge is -2.14. The fraction of sp³-hybridized carbons (Fsp3) is 0.600. The maximum atomic E-state index is 11.8. The summed E-state index contributed by atoms with van der Waals surface area (Å²) < 4.78 is 9.89. The summed E-state index contributed by atoms with van der Waals surface area (Å²) in [6, 6.07) is 0. The first-order chi connectivity index (χ1) is 9.17. The van der Waals surface area contributed by atoms with Gasteiger partial charge in [-0.3, -0.25) is 9.59 Å². The molecule has 0 N–H and O–H groups in total. The highest BCUT2D eigenvalue weighted by atomic mass is 16.6. The minimum absolute atomic E-state index is 0.121. The summed E-state index contributed by atoms with van der Waals surface area (Å²) in [5, 5.41) is 0. The van der Waals surface area contributed by atoms with Crippen LogP contribution in [0.1, 0.15) is 39.0 Å². The van der Waals surface area contributed by atoms with Gasteiger partial charge in [-0.2, -0.15) is 0 Å². The molecule has 104 valence electrons. The van der Waals surface area contributed by atoms with Gasteiger partial charge in [0.2, 0.25) is 0 Å². The van der Waals surface area contributed by atoms with E-state index in [9.17, 15) is 9.59 Å². The fourth-order valence-corrected chi connectivity index (χ4v) is 1.36. The van der Waals surface area contributed by atoms with Gasteiger partial charge in [-0.15, -0.1) is 24.7 Å². The standard InChI is InChI=1S/C15H20O4/c1-4-7-10-13(14(16)18-11-8-5-2)15(17)19-12-9-6-3/h2-3,13H,4,7-12H2,1H3. The Morgan fingerprint density at radius 3 is 1.89 bits per heavy atom. The molecule has 0 fully saturated rings. The van der Waals surface area contributed by atoms with Crippen LogP contribution in [0.2, 0.25) is 0 Å². The molecule has 19 heavy (non-hydrogen) atoms. The number of terminal acetylenes is 2. The van der Waals surface area contributed by atoms with Crippen LogP contribution >= 0.6 is 0 Å². The van der Waals surface area contributed by atoms with Gasteiger partial charge in [0.05, 0.1) is 0 Å².